The van der Waals surface area contributed by atoms with Gasteiger partial charge in [-0.2, -0.15) is 0 Å². The molecule has 0 aliphatic carbocycles. The molecule has 3 N–H and O–H groups in total. The molecule has 0 aliphatic heterocycles. The highest BCUT2D eigenvalue weighted by Crippen LogP contribution is 2.01. The average Bonchev–Trinajstić information content (AvgIpc) is 2.56. The van der Waals surface area contributed by atoms with Gasteiger partial charge in [0.2, 0.25) is 5.91 Å². The number of amides is 1. The van der Waals surface area contributed by atoms with Crippen LogP contribution in [-0.4, -0.2) is 49.7 Å². The van der Waals surface area contributed by atoms with Crippen molar-refractivity contribution < 1.29 is 9.53 Å². The lowest BCUT2D eigenvalue weighted by atomic mass is 10.2. The number of aromatic nitrogens is 1. The average molecular weight is 335 g/mol. The molecule has 0 bridgehead atoms. The Morgan fingerprint density at radius 3 is 2.88 bits per heavy atom. The molecule has 7 heteroatoms. The third-order valence-corrected chi connectivity index (χ3v) is 2.88. The summed E-state index contributed by atoms with van der Waals surface area (Å²) in [6, 6.07) is 3.56. The molecule has 134 valence electrons. The number of carbonyl (C=O) groups excluding carboxylic acids is 1. The maximum absolute atomic E-state index is 11.9. The van der Waals surface area contributed by atoms with Gasteiger partial charge in [-0.15, -0.1) is 0 Å². The van der Waals surface area contributed by atoms with Gasteiger partial charge in [0.25, 0.3) is 0 Å². The van der Waals surface area contributed by atoms with Crippen LogP contribution in [0.2, 0.25) is 0 Å². The van der Waals surface area contributed by atoms with Crippen LogP contribution in [0.15, 0.2) is 29.5 Å². The highest BCUT2D eigenvalue weighted by molar-refractivity contribution is 5.93. The van der Waals surface area contributed by atoms with Gasteiger partial charge in [-0.25, -0.2) is 4.99 Å². The van der Waals surface area contributed by atoms with Crippen LogP contribution in [0.3, 0.4) is 0 Å². The first-order chi connectivity index (χ1) is 11.6. The molecule has 1 amide bonds. The third kappa shape index (κ3) is 9.78. The molecule has 1 aromatic heterocycles. The first kappa shape index (κ1) is 19.9. The van der Waals surface area contributed by atoms with Gasteiger partial charge in [0, 0.05) is 32.5 Å². The molecule has 1 heterocycles. The molecular weight excluding hydrogens is 306 g/mol. The Hall–Kier alpha value is -2.15. The molecule has 0 spiro atoms. The monoisotopic (exact) mass is 335 g/mol. The van der Waals surface area contributed by atoms with E-state index in [0.717, 1.165) is 26.1 Å². The minimum Gasteiger partial charge on any atom is -0.381 e. The Balaban J connectivity index is 2.29. The summed E-state index contributed by atoms with van der Waals surface area (Å²) in [5, 5.41) is 9.06. The Bertz CT molecular complexity index is 491. The number of rotatable bonds is 10. The van der Waals surface area contributed by atoms with Gasteiger partial charge in [-0.05, 0) is 31.4 Å². The van der Waals surface area contributed by atoms with Crippen molar-refractivity contribution in [2.75, 3.05) is 38.2 Å². The maximum atomic E-state index is 11.9. The highest BCUT2D eigenvalue weighted by Gasteiger charge is 2.03. The SMILES string of the molecule is CCNC(=NCC(=O)Nc1cccnc1)NCCCOCC(C)C. The van der Waals surface area contributed by atoms with Crippen LogP contribution in [0.4, 0.5) is 5.69 Å². The summed E-state index contributed by atoms with van der Waals surface area (Å²) in [6.07, 6.45) is 4.15. The van der Waals surface area contributed by atoms with Crippen molar-refractivity contribution in [1.29, 1.82) is 0 Å². The van der Waals surface area contributed by atoms with Gasteiger partial charge in [0.1, 0.15) is 6.54 Å². The molecule has 0 atom stereocenters. The Labute approximate surface area is 144 Å². The topological polar surface area (TPSA) is 87.6 Å². The van der Waals surface area contributed by atoms with Crippen LogP contribution in [0.25, 0.3) is 0 Å². The van der Waals surface area contributed by atoms with E-state index in [9.17, 15) is 4.79 Å². The molecule has 0 aromatic carbocycles. The second kappa shape index (κ2) is 12.3. The van der Waals surface area contributed by atoms with Gasteiger partial charge in [-0.1, -0.05) is 13.8 Å². The van der Waals surface area contributed by atoms with Crippen LogP contribution < -0.4 is 16.0 Å². The number of carbonyl (C=O) groups is 1. The summed E-state index contributed by atoms with van der Waals surface area (Å²) in [5.74, 6) is 0.998. The Morgan fingerprint density at radius 1 is 1.38 bits per heavy atom. The second-order valence-corrected chi connectivity index (χ2v) is 5.73. The fraction of sp³-hybridized carbons (Fsp3) is 0.588. The molecular formula is C17H29N5O2. The fourth-order valence-electron chi connectivity index (χ4n) is 1.83. The summed E-state index contributed by atoms with van der Waals surface area (Å²) in [5.41, 5.74) is 0.665. The van der Waals surface area contributed by atoms with E-state index in [2.05, 4.69) is 39.8 Å². The van der Waals surface area contributed by atoms with Gasteiger partial charge >= 0.3 is 0 Å². The minimum atomic E-state index is -0.180. The van der Waals surface area contributed by atoms with Crippen LogP contribution in [0.1, 0.15) is 27.2 Å². The summed E-state index contributed by atoms with van der Waals surface area (Å²) < 4.78 is 5.53. The molecule has 0 fully saturated rings. The lowest BCUT2D eigenvalue weighted by molar-refractivity contribution is -0.114. The number of hydrogen-bond donors (Lipinski definition) is 3. The second-order valence-electron chi connectivity index (χ2n) is 5.73. The third-order valence-electron chi connectivity index (χ3n) is 2.88. The number of pyridine rings is 1. The van der Waals surface area contributed by atoms with Crippen LogP contribution in [0, 0.1) is 5.92 Å². The summed E-state index contributed by atoms with van der Waals surface area (Å²) >= 11 is 0. The maximum Gasteiger partial charge on any atom is 0.246 e. The first-order valence-corrected chi connectivity index (χ1v) is 8.41. The number of anilines is 1. The van der Waals surface area contributed by atoms with E-state index >= 15 is 0 Å². The first-order valence-electron chi connectivity index (χ1n) is 8.41. The minimum absolute atomic E-state index is 0.0497. The number of ether oxygens (including phenoxy) is 1. The number of nitrogens with one attached hydrogen (secondary N) is 3. The van der Waals surface area contributed by atoms with E-state index in [1.807, 2.05) is 6.92 Å². The van der Waals surface area contributed by atoms with Crippen molar-refractivity contribution in [3.63, 3.8) is 0 Å². The summed E-state index contributed by atoms with van der Waals surface area (Å²) in [4.78, 5) is 20.1. The Kier molecular flexibility index (Phi) is 10.2. The van der Waals surface area contributed by atoms with Gasteiger partial charge in [0.15, 0.2) is 5.96 Å². The lowest BCUT2D eigenvalue weighted by Crippen LogP contribution is -2.38. The quantitative estimate of drug-likeness (QED) is 0.344. The molecule has 0 unspecified atom stereocenters. The van der Waals surface area contributed by atoms with E-state index in [4.69, 9.17) is 4.74 Å². The Morgan fingerprint density at radius 2 is 2.21 bits per heavy atom. The lowest BCUT2D eigenvalue weighted by Gasteiger charge is -2.12. The standard InChI is InChI=1S/C17H29N5O2/c1-4-19-17(20-9-6-10-24-13-14(2)3)21-12-16(23)22-15-7-5-8-18-11-15/h5,7-8,11,14H,4,6,9-10,12-13H2,1-3H3,(H,22,23)(H2,19,20,21). The van der Waals surface area contributed by atoms with Crippen molar-refractivity contribution in [1.82, 2.24) is 15.6 Å². The number of hydrogen-bond acceptors (Lipinski definition) is 4. The zero-order valence-electron chi connectivity index (χ0n) is 14.8. The normalized spacial score (nSPS) is 11.4. The highest BCUT2D eigenvalue weighted by atomic mass is 16.5. The zero-order chi connectivity index (χ0) is 17.6. The smallest absolute Gasteiger partial charge is 0.246 e. The van der Waals surface area contributed by atoms with E-state index < -0.39 is 0 Å². The molecule has 24 heavy (non-hydrogen) atoms. The van der Waals surface area contributed by atoms with Crippen LogP contribution >= 0.6 is 0 Å². The molecule has 7 nitrogen and oxygen atoms in total. The fourth-order valence-corrected chi connectivity index (χ4v) is 1.83. The van der Waals surface area contributed by atoms with Gasteiger partial charge in [-0.3, -0.25) is 9.78 Å². The van der Waals surface area contributed by atoms with Crippen LogP contribution in [-0.2, 0) is 9.53 Å². The predicted molar refractivity (Wildman–Crippen MR) is 97.1 cm³/mol. The molecule has 0 saturated carbocycles. The van der Waals surface area contributed by atoms with E-state index in [0.29, 0.717) is 24.2 Å². The molecule has 0 aliphatic rings. The largest absolute Gasteiger partial charge is 0.381 e. The van der Waals surface area contributed by atoms with Crippen molar-refractivity contribution in [2.45, 2.75) is 27.2 Å². The summed E-state index contributed by atoms with van der Waals surface area (Å²) in [6.45, 7) is 9.27. The van der Waals surface area contributed by atoms with Gasteiger partial charge in [0.05, 0.1) is 11.9 Å². The number of aliphatic imine (C=N–C) groups is 1. The van der Waals surface area contributed by atoms with Crippen molar-refractivity contribution in [3.8, 4) is 0 Å². The van der Waals surface area contributed by atoms with Crippen LogP contribution in [0.5, 0.6) is 0 Å². The van der Waals surface area contributed by atoms with E-state index in [1.165, 1.54) is 0 Å². The molecule has 1 rings (SSSR count). The number of nitrogens with zero attached hydrogens (tertiary/aromatic N) is 2. The molecule has 0 saturated heterocycles. The van der Waals surface area contributed by atoms with Gasteiger partial charge < -0.3 is 20.7 Å². The van der Waals surface area contributed by atoms with E-state index in [-0.39, 0.29) is 12.5 Å². The number of guanidine groups is 1. The summed E-state index contributed by atoms with van der Waals surface area (Å²) in [7, 11) is 0. The predicted octanol–water partition coefficient (Wildman–Crippen LogP) is 1.64. The zero-order valence-corrected chi connectivity index (χ0v) is 14.8. The van der Waals surface area contributed by atoms with E-state index in [1.54, 1.807) is 24.5 Å². The van der Waals surface area contributed by atoms with Crippen molar-refractivity contribution in [2.24, 2.45) is 10.9 Å². The molecule has 1 aromatic rings. The van der Waals surface area contributed by atoms with Crippen molar-refractivity contribution in [3.05, 3.63) is 24.5 Å². The van der Waals surface area contributed by atoms with Crippen molar-refractivity contribution >= 4 is 17.6 Å². The molecule has 0 radical (unpaired) electrons.